The fourth-order valence-electron chi connectivity index (χ4n) is 1.87. The van der Waals surface area contributed by atoms with E-state index in [1.54, 1.807) is 32.9 Å². The third-order valence-electron chi connectivity index (χ3n) is 3.15. The molecule has 1 aromatic rings. The highest BCUT2D eigenvalue weighted by Crippen LogP contribution is 2.26. The molecule has 0 saturated carbocycles. The molecule has 0 fully saturated rings. The van der Waals surface area contributed by atoms with Crippen LogP contribution in [0, 0.1) is 13.8 Å². The summed E-state index contributed by atoms with van der Waals surface area (Å²) in [5.41, 5.74) is 1.19. The Hall–Kier alpha value is -1.80. The first-order valence-corrected chi connectivity index (χ1v) is 9.06. The number of amides is 1. The van der Waals surface area contributed by atoms with Gasteiger partial charge in [-0.15, -0.1) is 0 Å². The number of aryl methyl sites for hydroxylation is 2. The molecular weight excluding hydrogens is 332 g/mol. The van der Waals surface area contributed by atoms with Crippen molar-refractivity contribution < 1.29 is 22.7 Å². The van der Waals surface area contributed by atoms with E-state index in [1.807, 2.05) is 13.8 Å². The van der Waals surface area contributed by atoms with Crippen LogP contribution in [0.4, 0.5) is 4.79 Å². The zero-order valence-electron chi connectivity index (χ0n) is 15.0. The Morgan fingerprint density at radius 3 is 2.25 bits per heavy atom. The zero-order valence-corrected chi connectivity index (χ0v) is 15.8. The van der Waals surface area contributed by atoms with Crippen molar-refractivity contribution in [3.05, 3.63) is 23.3 Å². The summed E-state index contributed by atoms with van der Waals surface area (Å²) in [6.45, 7) is 9.12. The van der Waals surface area contributed by atoms with Crippen molar-refractivity contribution in [3.63, 3.8) is 0 Å². The molecule has 0 aliphatic carbocycles. The molecule has 7 nitrogen and oxygen atoms in total. The van der Waals surface area contributed by atoms with Gasteiger partial charge in [0.2, 0.25) is 10.0 Å². The zero-order chi connectivity index (χ0) is 18.5. The highest BCUT2D eigenvalue weighted by molar-refractivity contribution is 7.89. The van der Waals surface area contributed by atoms with Crippen LogP contribution in [0.3, 0.4) is 0 Å². The van der Waals surface area contributed by atoms with E-state index < -0.39 is 21.7 Å². The maximum Gasteiger partial charge on any atom is 0.407 e. The Morgan fingerprint density at radius 2 is 1.71 bits per heavy atom. The second-order valence-electron chi connectivity index (χ2n) is 6.41. The summed E-state index contributed by atoms with van der Waals surface area (Å²) >= 11 is 0. The maximum absolute atomic E-state index is 12.4. The van der Waals surface area contributed by atoms with Gasteiger partial charge in [0.25, 0.3) is 0 Å². The van der Waals surface area contributed by atoms with E-state index in [2.05, 4.69) is 10.0 Å². The highest BCUT2D eigenvalue weighted by atomic mass is 32.2. The molecule has 136 valence electrons. The third-order valence-corrected chi connectivity index (χ3v) is 4.64. The summed E-state index contributed by atoms with van der Waals surface area (Å²) in [5, 5.41) is 2.49. The van der Waals surface area contributed by atoms with Crippen LogP contribution in [0.2, 0.25) is 0 Å². The molecule has 0 aliphatic rings. The molecule has 0 heterocycles. The van der Waals surface area contributed by atoms with Gasteiger partial charge in [-0.3, -0.25) is 0 Å². The number of ether oxygens (including phenoxy) is 2. The van der Waals surface area contributed by atoms with Crippen molar-refractivity contribution in [2.24, 2.45) is 0 Å². The fourth-order valence-corrected chi connectivity index (χ4v) is 3.14. The lowest BCUT2D eigenvalue weighted by atomic mass is 10.1. The van der Waals surface area contributed by atoms with E-state index in [9.17, 15) is 13.2 Å². The van der Waals surface area contributed by atoms with Gasteiger partial charge >= 0.3 is 6.09 Å². The Bertz CT molecular complexity index is 693. The normalized spacial score (nSPS) is 11.9. The Morgan fingerprint density at radius 1 is 1.12 bits per heavy atom. The van der Waals surface area contributed by atoms with Gasteiger partial charge in [0.05, 0.1) is 7.11 Å². The predicted molar refractivity (Wildman–Crippen MR) is 91.9 cm³/mol. The van der Waals surface area contributed by atoms with Crippen LogP contribution in [-0.4, -0.2) is 40.3 Å². The van der Waals surface area contributed by atoms with Gasteiger partial charge in [0.1, 0.15) is 16.2 Å². The molecule has 0 unspecified atom stereocenters. The van der Waals surface area contributed by atoms with E-state index in [0.29, 0.717) is 0 Å². The summed E-state index contributed by atoms with van der Waals surface area (Å²) in [5.74, 6) is 0.283. The number of hydrogen-bond donors (Lipinski definition) is 2. The van der Waals surface area contributed by atoms with Crippen molar-refractivity contribution in [3.8, 4) is 5.75 Å². The lowest BCUT2D eigenvalue weighted by Gasteiger charge is -2.19. The summed E-state index contributed by atoms with van der Waals surface area (Å²) in [4.78, 5) is 11.6. The SMILES string of the molecule is COc1cc(C)c(C)cc1S(=O)(=O)NCCNC(=O)OC(C)(C)C. The number of methoxy groups -OCH3 is 1. The quantitative estimate of drug-likeness (QED) is 0.760. The minimum atomic E-state index is -3.74. The van der Waals surface area contributed by atoms with Crippen LogP contribution in [0.25, 0.3) is 0 Å². The van der Waals surface area contributed by atoms with Gasteiger partial charge in [-0.05, 0) is 57.9 Å². The van der Waals surface area contributed by atoms with Gasteiger partial charge in [0.15, 0.2) is 0 Å². The molecule has 1 amide bonds. The first-order chi connectivity index (χ1) is 11.0. The van der Waals surface area contributed by atoms with E-state index in [0.717, 1.165) is 11.1 Å². The van der Waals surface area contributed by atoms with Gasteiger partial charge in [-0.1, -0.05) is 0 Å². The number of alkyl carbamates (subject to hydrolysis) is 1. The monoisotopic (exact) mass is 358 g/mol. The number of sulfonamides is 1. The van der Waals surface area contributed by atoms with Crippen molar-refractivity contribution >= 4 is 16.1 Å². The molecule has 0 spiro atoms. The smallest absolute Gasteiger partial charge is 0.407 e. The first kappa shape index (κ1) is 20.2. The van der Waals surface area contributed by atoms with E-state index in [-0.39, 0.29) is 23.7 Å². The lowest BCUT2D eigenvalue weighted by molar-refractivity contribution is 0.0529. The molecule has 0 radical (unpaired) electrons. The molecule has 0 aromatic heterocycles. The number of benzene rings is 1. The van der Waals surface area contributed by atoms with Gasteiger partial charge in [-0.25, -0.2) is 17.9 Å². The molecule has 0 bridgehead atoms. The van der Waals surface area contributed by atoms with Crippen LogP contribution < -0.4 is 14.8 Å². The van der Waals surface area contributed by atoms with Gasteiger partial charge < -0.3 is 14.8 Å². The summed E-state index contributed by atoms with van der Waals surface area (Å²) in [6, 6.07) is 3.25. The topological polar surface area (TPSA) is 93.7 Å². The van der Waals surface area contributed by atoms with E-state index in [4.69, 9.17) is 9.47 Å². The second-order valence-corrected chi connectivity index (χ2v) is 8.15. The van der Waals surface area contributed by atoms with Crippen molar-refractivity contribution in [2.75, 3.05) is 20.2 Å². The molecule has 24 heavy (non-hydrogen) atoms. The second kappa shape index (κ2) is 7.85. The van der Waals surface area contributed by atoms with Gasteiger partial charge in [-0.2, -0.15) is 0 Å². The largest absolute Gasteiger partial charge is 0.495 e. The molecule has 1 aromatic carbocycles. The van der Waals surface area contributed by atoms with Crippen molar-refractivity contribution in [1.29, 1.82) is 0 Å². The minimum Gasteiger partial charge on any atom is -0.495 e. The van der Waals surface area contributed by atoms with Gasteiger partial charge in [0, 0.05) is 13.1 Å². The van der Waals surface area contributed by atoms with Crippen LogP contribution in [0.5, 0.6) is 5.75 Å². The van der Waals surface area contributed by atoms with Crippen LogP contribution in [0.15, 0.2) is 17.0 Å². The molecule has 1 rings (SSSR count). The number of hydrogen-bond acceptors (Lipinski definition) is 5. The van der Waals surface area contributed by atoms with Crippen LogP contribution in [0.1, 0.15) is 31.9 Å². The van der Waals surface area contributed by atoms with Crippen molar-refractivity contribution in [2.45, 2.75) is 45.1 Å². The maximum atomic E-state index is 12.4. The van der Waals surface area contributed by atoms with Crippen LogP contribution >= 0.6 is 0 Å². The number of carbonyl (C=O) groups excluding carboxylic acids is 1. The molecule has 0 aliphatic heterocycles. The highest BCUT2D eigenvalue weighted by Gasteiger charge is 2.20. The first-order valence-electron chi connectivity index (χ1n) is 7.58. The van der Waals surface area contributed by atoms with E-state index in [1.165, 1.54) is 7.11 Å². The standard InChI is InChI=1S/C16H26N2O5S/c1-11-9-13(22-6)14(10-12(11)2)24(20,21)18-8-7-17-15(19)23-16(3,4)5/h9-10,18H,7-8H2,1-6H3,(H,17,19). The van der Waals surface area contributed by atoms with E-state index >= 15 is 0 Å². The number of rotatable bonds is 6. The molecular formula is C16H26N2O5S. The third kappa shape index (κ3) is 6.01. The Labute approximate surface area is 143 Å². The molecule has 2 N–H and O–H groups in total. The molecule has 0 atom stereocenters. The average Bonchev–Trinajstić information content (AvgIpc) is 2.44. The average molecular weight is 358 g/mol. The molecule has 0 saturated heterocycles. The lowest BCUT2D eigenvalue weighted by Crippen LogP contribution is -2.37. The Balaban J connectivity index is 2.68. The Kier molecular flexibility index (Phi) is 6.62. The summed E-state index contributed by atoms with van der Waals surface area (Å²) < 4.78 is 37.5. The predicted octanol–water partition coefficient (Wildman–Crippen LogP) is 2.12. The number of carbonyl (C=O) groups is 1. The minimum absolute atomic E-state index is 0.0393. The van der Waals surface area contributed by atoms with Crippen LogP contribution in [-0.2, 0) is 14.8 Å². The molecule has 8 heteroatoms. The van der Waals surface area contributed by atoms with Crippen molar-refractivity contribution in [1.82, 2.24) is 10.0 Å². The summed E-state index contributed by atoms with van der Waals surface area (Å²) in [7, 11) is -2.32. The number of nitrogens with one attached hydrogen (secondary N) is 2. The summed E-state index contributed by atoms with van der Waals surface area (Å²) in [6.07, 6.45) is -0.592. The fraction of sp³-hybridized carbons (Fsp3) is 0.562.